The molecule has 5 rings (SSSR count). The van der Waals surface area contributed by atoms with Crippen molar-refractivity contribution in [2.24, 2.45) is 5.92 Å². The molecule has 2 heterocycles. The summed E-state index contributed by atoms with van der Waals surface area (Å²) < 4.78 is 12.4. The van der Waals surface area contributed by atoms with Gasteiger partial charge >= 0.3 is 5.97 Å². The third kappa shape index (κ3) is 5.12. The number of likely N-dealkylation sites (tertiary alicyclic amines) is 1. The molecule has 4 nitrogen and oxygen atoms in total. The van der Waals surface area contributed by atoms with E-state index in [0.29, 0.717) is 17.9 Å². The molecule has 2 aromatic carbocycles. The molecule has 0 radical (unpaired) electrons. The van der Waals surface area contributed by atoms with Crippen LogP contribution in [0.4, 0.5) is 4.39 Å². The molecule has 1 aliphatic carbocycles. The van der Waals surface area contributed by atoms with Crippen molar-refractivity contribution in [3.05, 3.63) is 99.9 Å². The van der Waals surface area contributed by atoms with Crippen molar-refractivity contribution < 1.29 is 14.3 Å². The van der Waals surface area contributed by atoms with Gasteiger partial charge in [0.15, 0.2) is 0 Å². The Hall–Kier alpha value is -3.31. The molecule has 1 aliphatic heterocycles. The number of carboxylic acids is 1. The lowest BCUT2D eigenvalue weighted by Crippen LogP contribution is -2.47. The molecule has 1 fully saturated rings. The number of carboxylic acid groups (broad SMARTS) is 1. The molecule has 0 bridgehead atoms. The van der Waals surface area contributed by atoms with E-state index in [1.807, 2.05) is 24.5 Å². The highest BCUT2D eigenvalue weighted by Crippen LogP contribution is 2.41. The van der Waals surface area contributed by atoms with Crippen LogP contribution in [0, 0.1) is 12.8 Å². The minimum Gasteiger partial charge on any atom is -0.478 e. The summed E-state index contributed by atoms with van der Waals surface area (Å²) in [5, 5.41) is 9.55. The fourth-order valence-electron chi connectivity index (χ4n) is 5.71. The highest BCUT2D eigenvalue weighted by molar-refractivity contribution is 6.01. The summed E-state index contributed by atoms with van der Waals surface area (Å²) in [6, 6.07) is 16.5. The lowest BCUT2D eigenvalue weighted by molar-refractivity contribution is 0.0696. The van der Waals surface area contributed by atoms with Gasteiger partial charge in [0.05, 0.1) is 12.2 Å². The second-order valence-electron chi connectivity index (χ2n) is 10.1. The maximum Gasteiger partial charge on any atom is 0.335 e. The number of pyridine rings is 1. The average molecular weight is 485 g/mol. The molecular formula is C31H33FN2O2. The second kappa shape index (κ2) is 10.8. The van der Waals surface area contributed by atoms with Crippen LogP contribution in [0.15, 0.2) is 60.9 Å². The number of allylic oxidation sites excluding steroid dienone is 1. The number of aromatic carboxylic acids is 1. The zero-order chi connectivity index (χ0) is 25.1. The normalized spacial score (nSPS) is 16.4. The van der Waals surface area contributed by atoms with Crippen molar-refractivity contribution in [3.63, 3.8) is 0 Å². The first-order valence-electron chi connectivity index (χ1n) is 12.9. The lowest BCUT2D eigenvalue weighted by atomic mass is 9.85. The minimum absolute atomic E-state index is 0.236. The van der Waals surface area contributed by atoms with Crippen molar-refractivity contribution >= 4 is 17.1 Å². The topological polar surface area (TPSA) is 53.4 Å². The zero-order valence-corrected chi connectivity index (χ0v) is 20.8. The number of aromatic nitrogens is 1. The molecule has 0 spiro atoms. The van der Waals surface area contributed by atoms with Gasteiger partial charge < -0.3 is 10.0 Å². The first-order valence-corrected chi connectivity index (χ1v) is 12.9. The Labute approximate surface area is 212 Å². The van der Waals surface area contributed by atoms with Gasteiger partial charge in [-0.3, -0.25) is 9.37 Å². The van der Waals surface area contributed by atoms with Crippen LogP contribution in [-0.4, -0.2) is 47.3 Å². The minimum atomic E-state index is -0.889. The summed E-state index contributed by atoms with van der Waals surface area (Å²) >= 11 is 0. The number of carbonyl (C=O) groups is 1. The predicted molar refractivity (Wildman–Crippen MR) is 142 cm³/mol. The summed E-state index contributed by atoms with van der Waals surface area (Å²) in [6.45, 7) is 4.85. The lowest BCUT2D eigenvalue weighted by Gasteiger charge is -2.39. The number of alkyl halides is 1. The van der Waals surface area contributed by atoms with Crippen LogP contribution < -0.4 is 0 Å². The molecule has 1 saturated heterocycles. The Bertz CT molecular complexity index is 1280. The van der Waals surface area contributed by atoms with Gasteiger partial charge in [-0.25, -0.2) is 4.79 Å². The van der Waals surface area contributed by atoms with E-state index < -0.39 is 5.97 Å². The van der Waals surface area contributed by atoms with Gasteiger partial charge in [-0.1, -0.05) is 30.3 Å². The van der Waals surface area contributed by atoms with E-state index in [4.69, 9.17) is 0 Å². The van der Waals surface area contributed by atoms with Crippen LogP contribution in [-0.2, 0) is 12.8 Å². The molecule has 186 valence electrons. The van der Waals surface area contributed by atoms with Gasteiger partial charge in [-0.05, 0) is 108 Å². The van der Waals surface area contributed by atoms with Crippen molar-refractivity contribution in [2.45, 2.75) is 39.0 Å². The van der Waals surface area contributed by atoms with E-state index in [-0.39, 0.29) is 6.67 Å². The van der Waals surface area contributed by atoms with Crippen molar-refractivity contribution in [2.75, 3.05) is 26.3 Å². The number of fused-ring (bicyclic) bond motifs is 1. The average Bonchev–Trinajstić information content (AvgIpc) is 3.05. The van der Waals surface area contributed by atoms with E-state index in [0.717, 1.165) is 67.6 Å². The number of benzene rings is 2. The van der Waals surface area contributed by atoms with Crippen LogP contribution in [0.5, 0.6) is 0 Å². The van der Waals surface area contributed by atoms with Crippen molar-refractivity contribution in [1.29, 1.82) is 0 Å². The summed E-state index contributed by atoms with van der Waals surface area (Å²) in [7, 11) is 0. The fraction of sp³-hybridized carbons (Fsp3) is 0.355. The highest BCUT2D eigenvalue weighted by atomic mass is 19.1. The third-order valence-electron chi connectivity index (χ3n) is 7.57. The molecule has 2 aliphatic rings. The number of rotatable bonds is 8. The predicted octanol–water partition coefficient (Wildman–Crippen LogP) is 6.22. The Kier molecular flexibility index (Phi) is 7.28. The van der Waals surface area contributed by atoms with Crippen molar-refractivity contribution in [1.82, 2.24) is 9.88 Å². The number of hydrogen-bond donors (Lipinski definition) is 1. The summed E-state index contributed by atoms with van der Waals surface area (Å²) in [5.74, 6) is -0.254. The summed E-state index contributed by atoms with van der Waals surface area (Å²) in [6.07, 6.45) is 8.18. The van der Waals surface area contributed by atoms with E-state index in [1.165, 1.54) is 22.3 Å². The smallest absolute Gasteiger partial charge is 0.335 e. The van der Waals surface area contributed by atoms with Crippen LogP contribution in [0.2, 0.25) is 0 Å². The van der Waals surface area contributed by atoms with E-state index in [1.54, 1.807) is 6.07 Å². The first-order chi connectivity index (χ1) is 17.5. The van der Waals surface area contributed by atoms with Crippen LogP contribution in [0.1, 0.15) is 63.0 Å². The molecule has 1 aromatic heterocycles. The number of hydrogen-bond acceptors (Lipinski definition) is 3. The number of halogens is 1. The van der Waals surface area contributed by atoms with Gasteiger partial charge in [0.25, 0.3) is 0 Å². The number of nitrogens with zero attached hydrogens (tertiary/aromatic N) is 2. The fourth-order valence-corrected chi connectivity index (χ4v) is 5.71. The molecule has 0 saturated carbocycles. The van der Waals surface area contributed by atoms with Gasteiger partial charge in [0.1, 0.15) is 0 Å². The standard InChI is InChI=1S/C31H33FN2O2/c1-21-12-14-33-18-29(21)28-5-2-4-25-17-26(31(35)36)10-11-27(25)30(28)24-8-6-22(7-9-24)16-23-19-34(20-23)15-3-13-32/h6-12,14,17-18,23H,2-5,13,15-16,19-20H2,1H3,(H,35,36). The molecule has 0 unspecified atom stereocenters. The maximum absolute atomic E-state index is 12.4. The SMILES string of the molecule is Cc1ccncc1C1=C(c2ccc(CC3CN(CCCF)C3)cc2)c2ccc(C(=O)O)cc2CCC1. The van der Waals surface area contributed by atoms with Gasteiger partial charge in [0.2, 0.25) is 0 Å². The molecule has 1 N–H and O–H groups in total. The maximum atomic E-state index is 12.4. The van der Waals surface area contributed by atoms with E-state index in [2.05, 4.69) is 47.1 Å². The van der Waals surface area contributed by atoms with E-state index in [9.17, 15) is 14.3 Å². The van der Waals surface area contributed by atoms with Crippen molar-refractivity contribution in [3.8, 4) is 0 Å². The molecule has 3 aromatic rings. The summed E-state index contributed by atoms with van der Waals surface area (Å²) in [5.41, 5.74) is 9.84. The monoisotopic (exact) mass is 484 g/mol. The third-order valence-corrected chi connectivity index (χ3v) is 7.57. The van der Waals surface area contributed by atoms with Gasteiger partial charge in [-0.2, -0.15) is 0 Å². The largest absolute Gasteiger partial charge is 0.478 e. The molecule has 5 heteroatoms. The molecular weight excluding hydrogens is 451 g/mol. The van der Waals surface area contributed by atoms with Crippen LogP contribution in [0.3, 0.4) is 0 Å². The highest BCUT2D eigenvalue weighted by Gasteiger charge is 2.26. The Morgan fingerprint density at radius 1 is 1.08 bits per heavy atom. The van der Waals surface area contributed by atoms with E-state index >= 15 is 0 Å². The van der Waals surface area contributed by atoms with Crippen LogP contribution >= 0.6 is 0 Å². The first kappa shape index (κ1) is 24.4. The molecule has 36 heavy (non-hydrogen) atoms. The van der Waals surface area contributed by atoms with Gasteiger partial charge in [0, 0.05) is 32.0 Å². The van der Waals surface area contributed by atoms with Crippen LogP contribution in [0.25, 0.3) is 11.1 Å². The Morgan fingerprint density at radius 2 is 1.89 bits per heavy atom. The molecule has 0 atom stereocenters. The number of aryl methyl sites for hydroxylation is 2. The van der Waals surface area contributed by atoms with Gasteiger partial charge in [-0.15, -0.1) is 0 Å². The molecule has 0 amide bonds. The Balaban J connectivity index is 1.49. The zero-order valence-electron chi connectivity index (χ0n) is 20.8. The Morgan fingerprint density at radius 3 is 2.61 bits per heavy atom. The quantitative estimate of drug-likeness (QED) is 0.413. The summed E-state index contributed by atoms with van der Waals surface area (Å²) in [4.78, 5) is 18.4. The second-order valence-corrected chi connectivity index (χ2v) is 10.1.